The molecule has 1 aromatic carbocycles. The van der Waals surface area contributed by atoms with E-state index >= 15 is 0 Å². The van der Waals surface area contributed by atoms with Gasteiger partial charge in [0.2, 0.25) is 5.91 Å². The Labute approximate surface area is 230 Å². The van der Waals surface area contributed by atoms with Gasteiger partial charge in [-0.3, -0.25) is 4.79 Å². The van der Waals surface area contributed by atoms with Crippen molar-refractivity contribution < 1.29 is 23.4 Å². The highest BCUT2D eigenvalue weighted by Crippen LogP contribution is 2.51. The van der Waals surface area contributed by atoms with Gasteiger partial charge in [-0.25, -0.2) is 13.8 Å². The highest BCUT2D eigenvalue weighted by Gasteiger charge is 2.47. The summed E-state index contributed by atoms with van der Waals surface area (Å²) in [5, 5.41) is 17.4. The Morgan fingerprint density at radius 3 is 2.59 bits per heavy atom. The lowest BCUT2D eigenvalue weighted by molar-refractivity contribution is -0.120. The number of benzene rings is 1. The smallest absolute Gasteiger partial charge is 0.217 e. The van der Waals surface area contributed by atoms with E-state index in [9.17, 15) is 18.7 Å². The third kappa shape index (κ3) is 6.87. The van der Waals surface area contributed by atoms with Gasteiger partial charge in [0.1, 0.15) is 5.60 Å². The topological polar surface area (TPSA) is 86.7 Å². The van der Waals surface area contributed by atoms with Crippen LogP contribution in [0.5, 0.6) is 5.75 Å². The number of anilines is 1. The number of aliphatic hydroxyl groups is 1. The fourth-order valence-electron chi connectivity index (χ4n) is 5.59. The number of aromatic nitrogens is 1. The maximum Gasteiger partial charge on any atom is 0.217 e. The molecule has 2 aliphatic rings. The molecule has 3 N–H and O–H groups in total. The van der Waals surface area contributed by atoms with E-state index in [-0.39, 0.29) is 41.5 Å². The largest absolute Gasteiger partial charge is 0.483 e. The summed E-state index contributed by atoms with van der Waals surface area (Å²) in [5.74, 6) is -0.705. The van der Waals surface area contributed by atoms with Crippen LogP contribution in [0.25, 0.3) is 0 Å². The summed E-state index contributed by atoms with van der Waals surface area (Å²) >= 11 is 0. The van der Waals surface area contributed by atoms with Crippen LogP contribution < -0.4 is 20.3 Å². The second kappa shape index (κ2) is 11.4. The van der Waals surface area contributed by atoms with E-state index in [1.807, 2.05) is 19.0 Å². The number of fused-ring (bicyclic) bond motifs is 1. The van der Waals surface area contributed by atoms with Crippen LogP contribution in [-0.4, -0.2) is 54.4 Å². The summed E-state index contributed by atoms with van der Waals surface area (Å²) in [6, 6.07) is 5.15. The predicted molar refractivity (Wildman–Crippen MR) is 148 cm³/mol. The number of carbonyl (C=O) groups is 1. The molecular formula is C30H42F2N4O3. The molecule has 39 heavy (non-hydrogen) atoms. The quantitative estimate of drug-likeness (QED) is 0.432. The van der Waals surface area contributed by atoms with Crippen LogP contribution in [0.4, 0.5) is 14.6 Å². The van der Waals surface area contributed by atoms with Crippen LogP contribution >= 0.6 is 0 Å². The lowest BCUT2D eigenvalue weighted by Gasteiger charge is -2.49. The summed E-state index contributed by atoms with van der Waals surface area (Å²) in [6.07, 6.45) is 3.48. The number of aliphatic hydroxyl groups excluding tert-OH is 1. The normalized spacial score (nSPS) is 19.5. The Bertz CT molecular complexity index is 1190. The average Bonchev–Trinajstić information content (AvgIpc) is 2.81. The molecule has 0 unspecified atom stereocenters. The lowest BCUT2D eigenvalue weighted by Crippen LogP contribution is -2.52. The minimum atomic E-state index is -1.04. The van der Waals surface area contributed by atoms with E-state index in [1.165, 1.54) is 19.1 Å². The number of hydrogen-bond acceptors (Lipinski definition) is 6. The molecule has 0 saturated heterocycles. The van der Waals surface area contributed by atoms with Crippen molar-refractivity contribution in [3.05, 3.63) is 52.7 Å². The number of hydrogen-bond donors (Lipinski definition) is 3. The van der Waals surface area contributed by atoms with Gasteiger partial charge >= 0.3 is 0 Å². The molecular weight excluding hydrogens is 502 g/mol. The van der Waals surface area contributed by atoms with Crippen LogP contribution in [0.3, 0.4) is 0 Å². The Morgan fingerprint density at radius 1 is 1.28 bits per heavy atom. The van der Waals surface area contributed by atoms with Gasteiger partial charge in [-0.2, -0.15) is 0 Å². The molecule has 1 aliphatic heterocycles. The van der Waals surface area contributed by atoms with Crippen molar-refractivity contribution in [2.75, 3.05) is 25.5 Å². The minimum Gasteiger partial charge on any atom is -0.483 e. The lowest BCUT2D eigenvalue weighted by atomic mass is 9.72. The molecule has 1 aromatic heterocycles. The summed E-state index contributed by atoms with van der Waals surface area (Å²) in [6.45, 7) is 8.03. The first kappa shape index (κ1) is 29.2. The van der Waals surface area contributed by atoms with Crippen LogP contribution in [0, 0.1) is 17.0 Å². The number of nitrogens with one attached hydrogen (secondary N) is 2. The average molecular weight is 545 g/mol. The van der Waals surface area contributed by atoms with Gasteiger partial charge in [0.25, 0.3) is 0 Å². The monoisotopic (exact) mass is 544 g/mol. The maximum atomic E-state index is 14.4. The highest BCUT2D eigenvalue weighted by molar-refractivity contribution is 5.73. The number of halogens is 2. The van der Waals surface area contributed by atoms with Crippen molar-refractivity contribution >= 4 is 11.7 Å². The van der Waals surface area contributed by atoms with E-state index in [1.54, 1.807) is 0 Å². The second-order valence-electron chi connectivity index (χ2n) is 12.6. The molecule has 1 aliphatic carbocycles. The first-order chi connectivity index (χ1) is 18.3. The van der Waals surface area contributed by atoms with E-state index in [0.717, 1.165) is 61.0 Å². The van der Waals surface area contributed by atoms with Gasteiger partial charge in [-0.1, -0.05) is 32.9 Å². The summed E-state index contributed by atoms with van der Waals surface area (Å²) < 4.78 is 34.8. The van der Waals surface area contributed by atoms with E-state index in [2.05, 4.69) is 37.5 Å². The zero-order valence-corrected chi connectivity index (χ0v) is 23.9. The van der Waals surface area contributed by atoms with Crippen LogP contribution in [-0.2, 0) is 17.6 Å². The van der Waals surface area contributed by atoms with Crippen LogP contribution in [0.2, 0.25) is 0 Å². The molecule has 4 rings (SSSR count). The van der Waals surface area contributed by atoms with Gasteiger partial charge < -0.3 is 25.4 Å². The van der Waals surface area contributed by atoms with Crippen molar-refractivity contribution in [2.24, 2.45) is 5.41 Å². The van der Waals surface area contributed by atoms with Crippen LogP contribution in [0.1, 0.15) is 76.2 Å². The summed E-state index contributed by atoms with van der Waals surface area (Å²) in [5.41, 5.74) is 1.86. The van der Waals surface area contributed by atoms with Crippen LogP contribution in [0.15, 0.2) is 24.3 Å². The number of pyridine rings is 1. The number of amides is 1. The van der Waals surface area contributed by atoms with Gasteiger partial charge in [-0.05, 0) is 55.2 Å². The highest BCUT2D eigenvalue weighted by atomic mass is 19.2. The van der Waals surface area contributed by atoms with E-state index in [4.69, 9.17) is 9.72 Å². The van der Waals surface area contributed by atoms with Crippen molar-refractivity contribution in [1.82, 2.24) is 15.6 Å². The summed E-state index contributed by atoms with van der Waals surface area (Å²) in [7, 11) is 3.93. The van der Waals surface area contributed by atoms with Gasteiger partial charge in [0, 0.05) is 51.3 Å². The number of rotatable bonds is 9. The summed E-state index contributed by atoms with van der Waals surface area (Å²) in [4.78, 5) is 18.9. The Morgan fingerprint density at radius 2 is 2.00 bits per heavy atom. The van der Waals surface area contributed by atoms with E-state index < -0.39 is 23.8 Å². The Balaban J connectivity index is 1.60. The van der Waals surface area contributed by atoms with Crippen molar-refractivity contribution in [3.8, 4) is 5.75 Å². The molecule has 2 heterocycles. The Kier molecular flexibility index (Phi) is 8.52. The molecule has 7 nitrogen and oxygen atoms in total. The molecule has 9 heteroatoms. The first-order valence-corrected chi connectivity index (χ1v) is 13.8. The molecule has 3 atom stereocenters. The van der Waals surface area contributed by atoms with Gasteiger partial charge in [-0.15, -0.1) is 0 Å². The first-order valence-electron chi connectivity index (χ1n) is 13.8. The molecule has 214 valence electrons. The Hall–Kier alpha value is -2.78. The zero-order chi connectivity index (χ0) is 28.5. The third-order valence-electron chi connectivity index (χ3n) is 7.60. The maximum absolute atomic E-state index is 14.4. The molecule has 0 radical (unpaired) electrons. The third-order valence-corrected chi connectivity index (χ3v) is 7.60. The van der Waals surface area contributed by atoms with Gasteiger partial charge in [0.15, 0.2) is 23.2 Å². The SMILES string of the molecule is CC(=O)N[C@@H](Cc1cccc(F)c1F)[C@H](O)CN[C@H]1CC2(CCC2)Oc2c1cc(CC(C)(C)C)nc2N(C)C. The van der Waals surface area contributed by atoms with Crippen molar-refractivity contribution in [1.29, 1.82) is 0 Å². The predicted octanol–water partition coefficient (Wildman–Crippen LogP) is 4.46. The number of carbonyl (C=O) groups excluding carboxylic acids is 1. The van der Waals surface area contributed by atoms with Crippen molar-refractivity contribution in [2.45, 2.75) is 90.0 Å². The number of nitrogens with zero attached hydrogens (tertiary/aromatic N) is 2. The molecule has 1 fully saturated rings. The molecule has 0 bridgehead atoms. The standard InChI is InChI=1S/C30H42F2N4O3/c1-18(37)34-23(13-19-9-7-10-22(31)26(19)32)25(38)17-33-24-16-30(11-8-12-30)39-27-21(24)14-20(15-29(2,3)4)35-28(27)36(5)6/h7,9-10,14,23-25,33,38H,8,11-13,15-17H2,1-6H3,(H,34,37)/t23-,24-,25+/m0/s1. The number of ether oxygens (including phenoxy) is 1. The molecule has 2 aromatic rings. The second-order valence-corrected chi connectivity index (χ2v) is 12.6. The van der Waals surface area contributed by atoms with Gasteiger partial charge in [0.05, 0.1) is 12.1 Å². The van der Waals surface area contributed by atoms with Crippen molar-refractivity contribution in [3.63, 3.8) is 0 Å². The minimum absolute atomic E-state index is 0.0370. The van der Waals surface area contributed by atoms with E-state index in [0.29, 0.717) is 0 Å². The molecule has 1 saturated carbocycles. The molecule has 1 spiro atoms. The molecule has 1 amide bonds. The fourth-order valence-corrected chi connectivity index (χ4v) is 5.59. The fraction of sp³-hybridized carbons (Fsp3) is 0.600. The zero-order valence-electron chi connectivity index (χ0n) is 23.9.